The van der Waals surface area contributed by atoms with Crippen molar-refractivity contribution >= 4 is 23.8 Å². The van der Waals surface area contributed by atoms with Gasteiger partial charge >= 0.3 is 6.09 Å². The predicted molar refractivity (Wildman–Crippen MR) is 173 cm³/mol. The Hall–Kier alpha value is -4.54. The second-order valence-electron chi connectivity index (χ2n) is 11.1. The monoisotopic (exact) mass is 616 g/mol. The van der Waals surface area contributed by atoms with Gasteiger partial charge in [0.1, 0.15) is 18.2 Å². The average molecular weight is 617 g/mol. The van der Waals surface area contributed by atoms with Gasteiger partial charge in [-0.05, 0) is 35.6 Å². The summed E-state index contributed by atoms with van der Waals surface area (Å²) in [6.45, 7) is 2.80. The van der Waals surface area contributed by atoms with E-state index in [4.69, 9.17) is 10.5 Å². The fraction of sp³-hybridized carbons (Fsp3) is 0.371. The van der Waals surface area contributed by atoms with Gasteiger partial charge in [0.25, 0.3) is 0 Å². The van der Waals surface area contributed by atoms with Crippen LogP contribution in [-0.4, -0.2) is 53.7 Å². The first-order valence-corrected chi connectivity index (χ1v) is 15.3. The third kappa shape index (κ3) is 10.5. The van der Waals surface area contributed by atoms with Crippen LogP contribution in [0.5, 0.6) is 0 Å². The number of alkyl carbamates (subject to hydrolysis) is 1. The lowest BCUT2D eigenvalue weighted by Gasteiger charge is -2.36. The number of rotatable bonds is 16. The maximum absolute atomic E-state index is 13.7. The van der Waals surface area contributed by atoms with Gasteiger partial charge in [-0.15, -0.1) is 0 Å². The number of aliphatic hydroxyl groups is 1. The smallest absolute Gasteiger partial charge is 0.408 e. The van der Waals surface area contributed by atoms with Gasteiger partial charge in [0.15, 0.2) is 0 Å². The molecule has 3 rings (SSSR count). The van der Waals surface area contributed by atoms with Crippen molar-refractivity contribution < 1.29 is 29.0 Å². The van der Waals surface area contributed by atoms with Gasteiger partial charge in [-0.1, -0.05) is 105 Å². The van der Waals surface area contributed by atoms with E-state index in [2.05, 4.69) is 16.0 Å². The highest BCUT2D eigenvalue weighted by Gasteiger charge is 2.43. The van der Waals surface area contributed by atoms with Crippen LogP contribution in [0.15, 0.2) is 84.9 Å². The minimum atomic E-state index is -1.78. The number of hydrogen-bond donors (Lipinski definition) is 5. The lowest BCUT2D eigenvalue weighted by atomic mass is 9.77. The number of amides is 4. The third-order valence-corrected chi connectivity index (χ3v) is 7.68. The Morgan fingerprint density at radius 2 is 1.56 bits per heavy atom. The van der Waals surface area contributed by atoms with Crippen LogP contribution >= 0.6 is 0 Å². The first kappa shape index (κ1) is 34.9. The molecule has 6 N–H and O–H groups in total. The molecule has 0 fully saturated rings. The number of unbranched alkanes of at least 4 members (excludes halogenated alkanes) is 2. The van der Waals surface area contributed by atoms with Gasteiger partial charge in [0.05, 0.1) is 0 Å². The summed E-state index contributed by atoms with van der Waals surface area (Å²) in [4.78, 5) is 51.6. The van der Waals surface area contributed by atoms with Crippen LogP contribution in [0.1, 0.15) is 50.7 Å². The molecule has 0 saturated carbocycles. The molecule has 240 valence electrons. The Kier molecular flexibility index (Phi) is 13.7. The highest BCUT2D eigenvalue weighted by atomic mass is 16.5. The highest BCUT2D eigenvalue weighted by molar-refractivity contribution is 6.00. The Morgan fingerprint density at radius 3 is 2.22 bits per heavy atom. The van der Waals surface area contributed by atoms with Gasteiger partial charge < -0.3 is 26.2 Å². The molecule has 3 aromatic rings. The van der Waals surface area contributed by atoms with Crippen molar-refractivity contribution in [2.75, 3.05) is 13.2 Å². The lowest BCUT2D eigenvalue weighted by molar-refractivity contribution is -0.136. The zero-order valence-electron chi connectivity index (χ0n) is 26.0. The SMILES string of the molecule is CCCCCC(=O)NC(=O)[C@@](N)(Cc1ccccc1-c1ccccc1)C(CO)CNC(=O)[C@H](C)NC(=O)OCc1ccccc1. The normalized spacial score (nSPS) is 13.5. The number of aliphatic hydroxyl groups excluding tert-OH is 1. The maximum atomic E-state index is 13.7. The number of benzene rings is 3. The van der Waals surface area contributed by atoms with Gasteiger partial charge in [0.2, 0.25) is 17.7 Å². The molecule has 3 aromatic carbocycles. The topological polar surface area (TPSA) is 160 Å². The summed E-state index contributed by atoms with van der Waals surface area (Å²) in [5.74, 6) is -2.73. The van der Waals surface area contributed by atoms with Gasteiger partial charge in [-0.25, -0.2) is 4.79 Å². The predicted octanol–water partition coefficient (Wildman–Crippen LogP) is 3.86. The summed E-state index contributed by atoms with van der Waals surface area (Å²) in [5.41, 5.74) is 8.37. The molecule has 0 aliphatic carbocycles. The summed E-state index contributed by atoms with van der Waals surface area (Å²) >= 11 is 0. The minimum absolute atomic E-state index is 0.0210. The van der Waals surface area contributed by atoms with E-state index in [1.54, 1.807) is 0 Å². The molecule has 0 aliphatic heterocycles. The van der Waals surface area contributed by atoms with Crippen LogP contribution in [-0.2, 0) is 32.1 Å². The van der Waals surface area contributed by atoms with E-state index in [1.165, 1.54) is 6.92 Å². The lowest BCUT2D eigenvalue weighted by Crippen LogP contribution is -2.64. The summed E-state index contributed by atoms with van der Waals surface area (Å²) in [6, 6.07) is 25.2. The number of hydrogen-bond acceptors (Lipinski definition) is 7. The van der Waals surface area contributed by atoms with Crippen molar-refractivity contribution in [2.45, 2.75) is 64.1 Å². The summed E-state index contributed by atoms with van der Waals surface area (Å²) in [6.07, 6.45) is 1.77. The zero-order valence-corrected chi connectivity index (χ0v) is 26.0. The molecule has 0 saturated heterocycles. The first-order chi connectivity index (χ1) is 21.7. The molecule has 0 heterocycles. The van der Waals surface area contributed by atoms with Crippen LogP contribution in [0.2, 0.25) is 0 Å². The Morgan fingerprint density at radius 1 is 0.911 bits per heavy atom. The summed E-state index contributed by atoms with van der Waals surface area (Å²) in [5, 5.41) is 18.1. The molecule has 10 nitrogen and oxygen atoms in total. The molecular formula is C35H44N4O6. The number of carbonyl (C=O) groups excluding carboxylic acids is 4. The highest BCUT2D eigenvalue weighted by Crippen LogP contribution is 2.29. The second kappa shape index (κ2) is 17.7. The average Bonchev–Trinajstić information content (AvgIpc) is 3.05. The van der Waals surface area contributed by atoms with Gasteiger partial charge in [0, 0.05) is 31.9 Å². The van der Waals surface area contributed by atoms with E-state index in [1.807, 2.05) is 91.9 Å². The second-order valence-corrected chi connectivity index (χ2v) is 11.1. The zero-order chi connectivity index (χ0) is 32.7. The van der Waals surface area contributed by atoms with Crippen LogP contribution in [0.3, 0.4) is 0 Å². The van der Waals surface area contributed by atoms with Crippen LogP contribution in [0.4, 0.5) is 4.79 Å². The van der Waals surface area contributed by atoms with E-state index in [0.29, 0.717) is 6.42 Å². The molecule has 0 aliphatic rings. The number of imide groups is 1. The van der Waals surface area contributed by atoms with Crippen molar-refractivity contribution in [3.8, 4) is 11.1 Å². The van der Waals surface area contributed by atoms with Crippen LogP contribution < -0.4 is 21.7 Å². The molecule has 1 unspecified atom stereocenters. The Labute approximate surface area is 264 Å². The van der Waals surface area contributed by atoms with Gasteiger partial charge in [-0.2, -0.15) is 0 Å². The molecule has 3 atom stereocenters. The third-order valence-electron chi connectivity index (χ3n) is 7.68. The van der Waals surface area contributed by atoms with Crippen molar-refractivity contribution in [3.05, 3.63) is 96.1 Å². The fourth-order valence-electron chi connectivity index (χ4n) is 4.93. The molecule has 0 bridgehead atoms. The molecule has 0 aromatic heterocycles. The number of ether oxygens (including phenoxy) is 1. The molecule has 45 heavy (non-hydrogen) atoms. The molecule has 0 spiro atoms. The largest absolute Gasteiger partial charge is 0.445 e. The van der Waals surface area contributed by atoms with E-state index in [9.17, 15) is 24.3 Å². The summed E-state index contributed by atoms with van der Waals surface area (Å²) in [7, 11) is 0. The van der Waals surface area contributed by atoms with E-state index < -0.39 is 47.9 Å². The van der Waals surface area contributed by atoms with Gasteiger partial charge in [-0.3, -0.25) is 19.7 Å². The maximum Gasteiger partial charge on any atom is 0.408 e. The van der Waals surface area contributed by atoms with Crippen molar-refractivity contribution in [2.24, 2.45) is 11.7 Å². The quantitative estimate of drug-likeness (QED) is 0.153. The number of carbonyl (C=O) groups is 4. The summed E-state index contributed by atoms with van der Waals surface area (Å²) < 4.78 is 5.19. The van der Waals surface area contributed by atoms with Crippen molar-refractivity contribution in [1.29, 1.82) is 0 Å². The van der Waals surface area contributed by atoms with Crippen molar-refractivity contribution in [3.63, 3.8) is 0 Å². The Bertz CT molecular complexity index is 1400. The van der Waals surface area contributed by atoms with E-state index in [0.717, 1.165) is 35.1 Å². The number of nitrogens with one attached hydrogen (secondary N) is 3. The Balaban J connectivity index is 1.75. The van der Waals surface area contributed by atoms with E-state index >= 15 is 0 Å². The molecule has 0 radical (unpaired) electrons. The molecule has 10 heteroatoms. The first-order valence-electron chi connectivity index (χ1n) is 15.3. The van der Waals surface area contributed by atoms with Crippen LogP contribution in [0.25, 0.3) is 11.1 Å². The number of nitrogens with two attached hydrogens (primary N) is 1. The molecule has 4 amide bonds. The minimum Gasteiger partial charge on any atom is -0.445 e. The fourth-order valence-corrected chi connectivity index (χ4v) is 4.93. The van der Waals surface area contributed by atoms with Crippen LogP contribution in [0, 0.1) is 5.92 Å². The standard InChI is InChI=1S/C35H44N4O6/c1-3-4-7-20-31(41)39-33(43)35(36,21-28-18-12-13-19-30(28)27-16-10-6-11-17-27)29(23-40)22-37-32(42)25(2)38-34(44)45-24-26-14-8-5-9-15-26/h5-6,8-19,25,29,40H,3-4,7,20-24,36H2,1-2H3,(H,37,42)(H,38,44)(H,39,41,43)/t25-,29?,35+/m0/s1. The van der Waals surface area contributed by atoms with Crippen molar-refractivity contribution in [1.82, 2.24) is 16.0 Å². The molecular weight excluding hydrogens is 572 g/mol. The van der Waals surface area contributed by atoms with E-state index in [-0.39, 0.29) is 26.0 Å².